The third-order valence-corrected chi connectivity index (χ3v) is 7.34. The Kier molecular flexibility index (Phi) is 6.16. The van der Waals surface area contributed by atoms with Crippen LogP contribution < -0.4 is 0 Å². The molecule has 0 bridgehead atoms. The monoisotopic (exact) mass is 401 g/mol. The zero-order valence-corrected chi connectivity index (χ0v) is 17.9. The van der Waals surface area contributed by atoms with Gasteiger partial charge in [0.25, 0.3) is 5.91 Å². The maximum Gasteiger partial charge on any atom is 0.264 e. The van der Waals surface area contributed by atoms with Crippen LogP contribution in [0, 0.1) is 13.8 Å². The molecule has 0 N–H and O–H groups in total. The molecule has 0 aliphatic carbocycles. The first-order valence-corrected chi connectivity index (χ1v) is 11.5. The number of carbonyl (C=O) groups excluding carboxylic acids is 1. The standard InChI is InChI=1S/C22H31N3O2S/c1-16-20(17(2)27-23-16)15-19-8-9-21(28-19)22(26)25-13-4-3-7-18(25)10-14-24-11-5-6-12-24/h8-9,18H,3-7,10-15H2,1-2H3. The number of aryl methyl sites for hydroxylation is 2. The first-order chi connectivity index (χ1) is 13.6. The third kappa shape index (κ3) is 4.33. The SMILES string of the molecule is Cc1noc(C)c1Cc1ccc(C(=O)N2CCCCC2CCN2CCCC2)s1. The number of carbonyl (C=O) groups is 1. The van der Waals surface area contributed by atoms with Gasteiger partial charge < -0.3 is 14.3 Å². The van der Waals surface area contributed by atoms with E-state index in [1.54, 1.807) is 11.3 Å². The zero-order chi connectivity index (χ0) is 19.5. The molecular formula is C22H31N3O2S. The van der Waals surface area contributed by atoms with Crippen LogP contribution in [0.15, 0.2) is 16.7 Å². The predicted octanol–water partition coefficient (Wildman–Crippen LogP) is 4.42. The summed E-state index contributed by atoms with van der Waals surface area (Å²) in [6.07, 6.45) is 8.09. The second kappa shape index (κ2) is 8.78. The van der Waals surface area contributed by atoms with Crippen LogP contribution in [0.5, 0.6) is 0 Å². The number of aromatic nitrogens is 1. The topological polar surface area (TPSA) is 49.6 Å². The van der Waals surface area contributed by atoms with Gasteiger partial charge in [-0.3, -0.25) is 4.79 Å². The van der Waals surface area contributed by atoms with Crippen molar-refractivity contribution in [2.24, 2.45) is 0 Å². The number of rotatable bonds is 6. The van der Waals surface area contributed by atoms with Gasteiger partial charge in [-0.1, -0.05) is 5.16 Å². The molecule has 4 heterocycles. The molecule has 0 aromatic carbocycles. The highest BCUT2D eigenvalue weighted by molar-refractivity contribution is 7.14. The van der Waals surface area contributed by atoms with E-state index in [9.17, 15) is 4.79 Å². The fourth-order valence-electron chi connectivity index (χ4n) is 4.56. The Morgan fingerprint density at radius 1 is 1.18 bits per heavy atom. The lowest BCUT2D eigenvalue weighted by Gasteiger charge is -2.36. The predicted molar refractivity (Wildman–Crippen MR) is 112 cm³/mol. The summed E-state index contributed by atoms with van der Waals surface area (Å²) in [5.74, 6) is 1.10. The van der Waals surface area contributed by atoms with Crippen molar-refractivity contribution in [3.05, 3.63) is 38.9 Å². The first-order valence-electron chi connectivity index (χ1n) is 10.7. The summed E-state index contributed by atoms with van der Waals surface area (Å²) in [5, 5.41) is 4.04. The Morgan fingerprint density at radius 3 is 2.71 bits per heavy atom. The van der Waals surface area contributed by atoms with E-state index in [1.807, 2.05) is 19.9 Å². The molecule has 0 spiro atoms. The van der Waals surface area contributed by atoms with Gasteiger partial charge in [0.05, 0.1) is 10.6 Å². The Morgan fingerprint density at radius 2 is 1.96 bits per heavy atom. The van der Waals surface area contributed by atoms with Crippen molar-refractivity contribution < 1.29 is 9.32 Å². The van der Waals surface area contributed by atoms with Crippen molar-refractivity contribution in [2.45, 2.75) is 64.8 Å². The van der Waals surface area contributed by atoms with E-state index in [0.717, 1.165) is 60.7 Å². The van der Waals surface area contributed by atoms with Gasteiger partial charge >= 0.3 is 0 Å². The molecule has 2 saturated heterocycles. The van der Waals surface area contributed by atoms with Crippen molar-refractivity contribution in [2.75, 3.05) is 26.2 Å². The van der Waals surface area contributed by atoms with Crippen LogP contribution in [-0.4, -0.2) is 53.1 Å². The molecule has 1 atom stereocenters. The molecular weight excluding hydrogens is 370 g/mol. The van der Waals surface area contributed by atoms with Gasteiger partial charge in [-0.25, -0.2) is 0 Å². The van der Waals surface area contributed by atoms with Crippen molar-refractivity contribution in [1.29, 1.82) is 0 Å². The molecule has 2 aliphatic heterocycles. The second-order valence-electron chi connectivity index (χ2n) is 8.23. The summed E-state index contributed by atoms with van der Waals surface area (Å²) >= 11 is 1.62. The van der Waals surface area contributed by atoms with Gasteiger partial charge in [0.15, 0.2) is 0 Å². The summed E-state index contributed by atoms with van der Waals surface area (Å²) in [6.45, 7) is 8.43. The van der Waals surface area contributed by atoms with E-state index in [1.165, 1.54) is 37.2 Å². The average molecular weight is 402 g/mol. The highest BCUT2D eigenvalue weighted by atomic mass is 32.1. The molecule has 1 amide bonds. The van der Waals surface area contributed by atoms with Crippen LogP contribution in [0.1, 0.15) is 70.1 Å². The minimum Gasteiger partial charge on any atom is -0.361 e. The molecule has 28 heavy (non-hydrogen) atoms. The minimum atomic E-state index is 0.223. The lowest BCUT2D eigenvalue weighted by atomic mass is 9.99. The number of hydrogen-bond acceptors (Lipinski definition) is 5. The van der Waals surface area contributed by atoms with Crippen LogP contribution >= 0.6 is 11.3 Å². The molecule has 0 saturated carbocycles. The molecule has 5 nitrogen and oxygen atoms in total. The summed E-state index contributed by atoms with van der Waals surface area (Å²) < 4.78 is 5.28. The van der Waals surface area contributed by atoms with Crippen molar-refractivity contribution in [1.82, 2.24) is 15.0 Å². The number of piperidine rings is 1. The van der Waals surface area contributed by atoms with E-state index >= 15 is 0 Å². The normalized spacial score (nSPS) is 20.8. The molecule has 2 aromatic rings. The summed E-state index contributed by atoms with van der Waals surface area (Å²) in [4.78, 5) is 20.0. The van der Waals surface area contributed by atoms with Gasteiger partial charge in [-0.15, -0.1) is 11.3 Å². The fraction of sp³-hybridized carbons (Fsp3) is 0.636. The van der Waals surface area contributed by atoms with E-state index in [4.69, 9.17) is 4.52 Å². The van der Waals surface area contributed by atoms with Crippen LogP contribution in [0.2, 0.25) is 0 Å². The Balaban J connectivity index is 1.41. The molecule has 2 aliphatic rings. The van der Waals surface area contributed by atoms with Crippen molar-refractivity contribution >= 4 is 17.2 Å². The lowest BCUT2D eigenvalue weighted by molar-refractivity contribution is 0.0593. The van der Waals surface area contributed by atoms with E-state index in [0.29, 0.717) is 6.04 Å². The van der Waals surface area contributed by atoms with Gasteiger partial charge in [0.1, 0.15) is 5.76 Å². The molecule has 6 heteroatoms. The highest BCUT2D eigenvalue weighted by Gasteiger charge is 2.29. The van der Waals surface area contributed by atoms with Crippen LogP contribution in [-0.2, 0) is 6.42 Å². The quantitative estimate of drug-likeness (QED) is 0.719. The zero-order valence-electron chi connectivity index (χ0n) is 17.1. The number of nitrogens with zero attached hydrogens (tertiary/aromatic N) is 3. The molecule has 0 radical (unpaired) electrons. The first kappa shape index (κ1) is 19.6. The van der Waals surface area contributed by atoms with Crippen LogP contribution in [0.3, 0.4) is 0 Å². The van der Waals surface area contributed by atoms with E-state index in [2.05, 4.69) is 21.0 Å². The van der Waals surface area contributed by atoms with Gasteiger partial charge in [0, 0.05) is 36.0 Å². The van der Waals surface area contributed by atoms with E-state index in [-0.39, 0.29) is 5.91 Å². The Bertz CT molecular complexity index is 787. The van der Waals surface area contributed by atoms with Crippen LogP contribution in [0.4, 0.5) is 0 Å². The molecule has 2 aromatic heterocycles. The molecule has 2 fully saturated rings. The Labute approximate surface area is 171 Å². The van der Waals surface area contributed by atoms with Crippen molar-refractivity contribution in [3.8, 4) is 0 Å². The molecule has 1 unspecified atom stereocenters. The fourth-order valence-corrected chi connectivity index (χ4v) is 5.54. The summed E-state index contributed by atoms with van der Waals surface area (Å²) in [6, 6.07) is 4.49. The summed E-state index contributed by atoms with van der Waals surface area (Å²) in [7, 11) is 0. The Hall–Kier alpha value is -1.66. The number of hydrogen-bond donors (Lipinski definition) is 0. The lowest BCUT2D eigenvalue weighted by Crippen LogP contribution is -2.44. The van der Waals surface area contributed by atoms with Gasteiger partial charge in [-0.05, 0) is 77.6 Å². The second-order valence-corrected chi connectivity index (χ2v) is 9.40. The summed E-state index contributed by atoms with van der Waals surface area (Å²) in [5.41, 5.74) is 2.08. The highest BCUT2D eigenvalue weighted by Crippen LogP contribution is 2.28. The minimum absolute atomic E-state index is 0.223. The van der Waals surface area contributed by atoms with Crippen LogP contribution in [0.25, 0.3) is 0 Å². The van der Waals surface area contributed by atoms with E-state index < -0.39 is 0 Å². The van der Waals surface area contributed by atoms with Gasteiger partial charge in [0.2, 0.25) is 0 Å². The third-order valence-electron chi connectivity index (χ3n) is 6.27. The number of amides is 1. The maximum absolute atomic E-state index is 13.2. The molecule has 4 rings (SSSR count). The maximum atomic E-state index is 13.2. The largest absolute Gasteiger partial charge is 0.361 e. The average Bonchev–Trinajstić information content (AvgIpc) is 3.45. The van der Waals surface area contributed by atoms with Crippen molar-refractivity contribution in [3.63, 3.8) is 0 Å². The number of likely N-dealkylation sites (tertiary alicyclic amines) is 2. The number of thiophene rings is 1. The molecule has 152 valence electrons. The smallest absolute Gasteiger partial charge is 0.264 e. The van der Waals surface area contributed by atoms with Gasteiger partial charge in [-0.2, -0.15) is 0 Å².